The Kier molecular flexibility index (Phi) is 3.74. The number of carbonyl (C=O) groups is 2. The maximum absolute atomic E-state index is 14.9. The van der Waals surface area contributed by atoms with Gasteiger partial charge in [-0.15, -0.1) is 11.3 Å². The highest BCUT2D eigenvalue weighted by molar-refractivity contribution is 7.15. The highest BCUT2D eigenvalue weighted by Gasteiger charge is 2.29. The van der Waals surface area contributed by atoms with Crippen LogP contribution in [0.4, 0.5) is 4.39 Å². The number of carboxylic acid groups (broad SMARTS) is 1. The van der Waals surface area contributed by atoms with Gasteiger partial charge in [-0.3, -0.25) is 9.59 Å². The van der Waals surface area contributed by atoms with Gasteiger partial charge in [0, 0.05) is 29.1 Å². The van der Waals surface area contributed by atoms with E-state index in [1.165, 1.54) is 17.5 Å². The Balaban J connectivity index is 1.76. The van der Waals surface area contributed by atoms with Crippen molar-refractivity contribution in [1.29, 1.82) is 0 Å². The summed E-state index contributed by atoms with van der Waals surface area (Å²) < 4.78 is 16.6. The van der Waals surface area contributed by atoms with Gasteiger partial charge >= 0.3 is 5.97 Å². The summed E-state index contributed by atoms with van der Waals surface area (Å²) in [4.78, 5) is 42.0. The van der Waals surface area contributed by atoms with E-state index >= 15 is 0 Å². The Morgan fingerprint density at radius 3 is 2.71 bits per heavy atom. The number of aromatic carboxylic acids is 1. The lowest BCUT2D eigenvalue weighted by atomic mass is 9.97. The zero-order chi connectivity index (χ0) is 19.6. The first-order chi connectivity index (χ1) is 13.4. The Bertz CT molecular complexity index is 1240. The molecule has 1 fully saturated rings. The van der Waals surface area contributed by atoms with Crippen LogP contribution in [0.3, 0.4) is 0 Å². The highest BCUT2D eigenvalue weighted by Crippen LogP contribution is 2.39. The van der Waals surface area contributed by atoms with Crippen LogP contribution in [0.1, 0.15) is 57.3 Å². The number of aromatic nitrogens is 2. The van der Waals surface area contributed by atoms with Gasteiger partial charge < -0.3 is 9.67 Å². The number of thiophene rings is 1. The third-order valence-electron chi connectivity index (χ3n) is 5.28. The number of carbonyl (C=O) groups excluding carboxylic acids is 1. The molecule has 1 N–H and O–H groups in total. The molecule has 0 unspecified atom stereocenters. The molecule has 8 heteroatoms. The van der Waals surface area contributed by atoms with Gasteiger partial charge in [-0.25, -0.2) is 14.2 Å². The quantitative estimate of drug-likeness (QED) is 0.725. The Morgan fingerprint density at radius 2 is 2.04 bits per heavy atom. The van der Waals surface area contributed by atoms with Crippen LogP contribution < -0.4 is 5.43 Å². The van der Waals surface area contributed by atoms with Gasteiger partial charge in [0.1, 0.15) is 16.9 Å². The molecule has 2 aliphatic carbocycles. The van der Waals surface area contributed by atoms with E-state index in [4.69, 9.17) is 0 Å². The molecule has 0 aliphatic heterocycles. The van der Waals surface area contributed by atoms with Crippen LogP contribution >= 0.6 is 11.3 Å². The number of aryl methyl sites for hydroxylation is 1. The minimum atomic E-state index is -1.34. The Morgan fingerprint density at radius 1 is 1.25 bits per heavy atom. The van der Waals surface area contributed by atoms with Crippen LogP contribution in [0.25, 0.3) is 21.6 Å². The Hall–Kier alpha value is -2.87. The number of rotatable bonds is 3. The topological polar surface area (TPSA) is 89.3 Å². The number of pyridine rings is 2. The maximum Gasteiger partial charge on any atom is 0.341 e. The lowest BCUT2D eigenvalue weighted by Crippen LogP contribution is -2.19. The minimum Gasteiger partial charge on any atom is -0.477 e. The van der Waals surface area contributed by atoms with E-state index in [0.29, 0.717) is 16.9 Å². The fourth-order valence-corrected chi connectivity index (χ4v) is 4.93. The average molecular weight is 398 g/mol. The summed E-state index contributed by atoms with van der Waals surface area (Å²) in [6, 6.07) is 2.82. The van der Waals surface area contributed by atoms with E-state index in [1.54, 1.807) is 10.6 Å². The van der Waals surface area contributed by atoms with Crippen molar-refractivity contribution in [3.8, 4) is 10.6 Å². The average Bonchev–Trinajstić information content (AvgIpc) is 3.40. The van der Waals surface area contributed by atoms with Gasteiger partial charge in [-0.05, 0) is 37.8 Å². The standard InChI is InChI=1S/C20H15FN2O4S/c21-13-6-11-18(25)12(20(26)27)8-23(9-4-5-9)19(11)22-17(13)16-7-10-14(24)2-1-3-15(10)28-16/h6-9H,1-5H2,(H,26,27). The highest BCUT2D eigenvalue weighted by atomic mass is 32.1. The summed E-state index contributed by atoms with van der Waals surface area (Å²) >= 11 is 1.35. The van der Waals surface area contributed by atoms with Crippen LogP contribution in [0.15, 0.2) is 23.1 Å². The van der Waals surface area contributed by atoms with Crippen LogP contribution in [0, 0.1) is 5.82 Å². The van der Waals surface area contributed by atoms with E-state index in [2.05, 4.69) is 4.98 Å². The van der Waals surface area contributed by atoms with Crippen LogP contribution in [-0.2, 0) is 6.42 Å². The second kappa shape index (κ2) is 6.07. The van der Waals surface area contributed by atoms with Crippen molar-refractivity contribution in [2.75, 3.05) is 0 Å². The molecule has 0 saturated heterocycles. The molecule has 0 atom stereocenters. The van der Waals surface area contributed by atoms with Crippen molar-refractivity contribution in [3.63, 3.8) is 0 Å². The summed E-state index contributed by atoms with van der Waals surface area (Å²) in [6.07, 6.45) is 5.09. The molecule has 0 amide bonds. The van der Waals surface area contributed by atoms with Crippen molar-refractivity contribution >= 4 is 34.1 Å². The molecule has 0 spiro atoms. The molecule has 2 aliphatic rings. The van der Waals surface area contributed by atoms with Gasteiger partial charge in [0.2, 0.25) is 5.43 Å². The first-order valence-electron chi connectivity index (χ1n) is 9.09. The second-order valence-electron chi connectivity index (χ2n) is 7.23. The Labute approximate surface area is 162 Å². The van der Waals surface area contributed by atoms with Crippen molar-refractivity contribution < 1.29 is 19.1 Å². The van der Waals surface area contributed by atoms with Crippen molar-refractivity contribution in [2.45, 2.75) is 38.1 Å². The third-order valence-corrected chi connectivity index (χ3v) is 6.48. The monoisotopic (exact) mass is 398 g/mol. The molecule has 3 aromatic heterocycles. The molecule has 0 radical (unpaired) electrons. The molecule has 0 bridgehead atoms. The van der Waals surface area contributed by atoms with E-state index in [0.717, 1.165) is 36.6 Å². The second-order valence-corrected chi connectivity index (χ2v) is 8.37. The molecule has 6 nitrogen and oxygen atoms in total. The molecular weight excluding hydrogens is 383 g/mol. The molecule has 3 aromatic rings. The van der Waals surface area contributed by atoms with Crippen LogP contribution in [0.2, 0.25) is 0 Å². The summed E-state index contributed by atoms with van der Waals surface area (Å²) in [6.45, 7) is 0. The molecular formula is C20H15FN2O4S. The number of halogens is 1. The zero-order valence-corrected chi connectivity index (χ0v) is 15.5. The van der Waals surface area contributed by atoms with Crippen molar-refractivity contribution in [2.24, 2.45) is 0 Å². The molecule has 1 saturated carbocycles. The number of carboxylic acids is 1. The number of Topliss-reactive ketones (excluding diaryl/α,β-unsaturated/α-hetero) is 1. The van der Waals surface area contributed by atoms with Crippen LogP contribution in [-0.4, -0.2) is 26.4 Å². The van der Waals surface area contributed by atoms with Crippen molar-refractivity contribution in [3.05, 3.63) is 50.4 Å². The largest absolute Gasteiger partial charge is 0.477 e. The predicted octanol–water partition coefficient (Wildman–Crippen LogP) is 3.82. The fourth-order valence-electron chi connectivity index (χ4n) is 3.71. The normalized spacial score (nSPS) is 16.4. The summed E-state index contributed by atoms with van der Waals surface area (Å²) in [5, 5.41) is 9.28. The zero-order valence-electron chi connectivity index (χ0n) is 14.7. The van der Waals surface area contributed by atoms with Gasteiger partial charge in [0.25, 0.3) is 0 Å². The predicted molar refractivity (Wildman–Crippen MR) is 102 cm³/mol. The first kappa shape index (κ1) is 17.2. The minimum absolute atomic E-state index is 0.0366. The van der Waals surface area contributed by atoms with Crippen LogP contribution in [0.5, 0.6) is 0 Å². The van der Waals surface area contributed by atoms with Gasteiger partial charge in [-0.2, -0.15) is 0 Å². The van der Waals surface area contributed by atoms with E-state index in [1.807, 2.05) is 0 Å². The van der Waals surface area contributed by atoms with Gasteiger partial charge in [0.15, 0.2) is 11.6 Å². The summed E-state index contributed by atoms with van der Waals surface area (Å²) in [7, 11) is 0. The fraction of sp³-hybridized carbons (Fsp3) is 0.300. The number of ketones is 1. The lowest BCUT2D eigenvalue weighted by Gasteiger charge is -2.12. The molecule has 28 heavy (non-hydrogen) atoms. The summed E-state index contributed by atoms with van der Waals surface area (Å²) in [5.74, 6) is -1.97. The first-order valence-corrected chi connectivity index (χ1v) is 9.90. The number of nitrogens with zero attached hydrogens (tertiary/aromatic N) is 2. The molecule has 142 valence electrons. The lowest BCUT2D eigenvalue weighted by molar-refractivity contribution is 0.0694. The van der Waals surface area contributed by atoms with Crippen molar-refractivity contribution in [1.82, 2.24) is 9.55 Å². The molecule has 3 heterocycles. The number of fused-ring (bicyclic) bond motifs is 2. The van der Waals surface area contributed by atoms with E-state index < -0.39 is 17.2 Å². The van der Waals surface area contributed by atoms with Gasteiger partial charge in [0.05, 0.1) is 10.3 Å². The van der Waals surface area contributed by atoms with E-state index in [9.17, 15) is 23.9 Å². The SMILES string of the molecule is O=C1CCCc2sc(-c3nc4c(cc3F)c(=O)c(C(=O)O)cn4C3CC3)cc21. The summed E-state index contributed by atoms with van der Waals surface area (Å²) in [5.41, 5.74) is -0.111. The third kappa shape index (κ3) is 2.59. The smallest absolute Gasteiger partial charge is 0.341 e. The van der Waals surface area contributed by atoms with Gasteiger partial charge in [-0.1, -0.05) is 0 Å². The molecule has 0 aromatic carbocycles. The number of hydrogen-bond donors (Lipinski definition) is 1. The maximum atomic E-state index is 14.9. The van der Waals surface area contributed by atoms with E-state index in [-0.39, 0.29) is 34.1 Å². The molecule has 5 rings (SSSR count). The number of hydrogen-bond acceptors (Lipinski definition) is 5.